The molecule has 0 unspecified atom stereocenters. The molecular formula is C28H29N3O5. The average molecular weight is 488 g/mol. The standard InChI is InChI=1S/C28H29N3O5/c1-2-34-16-14-20-6-5-9-26-23(20)18-27(36-26)31(19-32)15-17-35-22-12-10-21(11-13-22)28(33)30-25-8-4-3-7-24(25)29/h3-13,18-19H,2,14-17,29H2,1H3,(H,30,33). The minimum absolute atomic E-state index is 0.249. The van der Waals surface area contributed by atoms with Crippen LogP contribution in [0.4, 0.5) is 17.3 Å². The first-order valence-electron chi connectivity index (χ1n) is 11.8. The van der Waals surface area contributed by atoms with E-state index in [9.17, 15) is 9.59 Å². The number of nitrogen functional groups attached to an aromatic ring is 1. The molecule has 8 heteroatoms. The molecule has 0 bridgehead atoms. The first kappa shape index (κ1) is 24.8. The molecule has 186 valence electrons. The summed E-state index contributed by atoms with van der Waals surface area (Å²) in [7, 11) is 0. The normalized spacial score (nSPS) is 10.8. The molecule has 0 aliphatic heterocycles. The fraction of sp³-hybridized carbons (Fsp3) is 0.214. The SMILES string of the molecule is CCOCCc1cccc2oc(N(C=O)CCOc3ccc(C(=O)Nc4ccccc4N)cc3)cc12. The molecule has 0 saturated heterocycles. The monoisotopic (exact) mass is 487 g/mol. The molecule has 0 saturated carbocycles. The number of nitrogens with two attached hydrogens (primary N) is 1. The number of furan rings is 1. The number of carbonyl (C=O) groups is 2. The lowest BCUT2D eigenvalue weighted by Gasteiger charge is -2.14. The van der Waals surface area contributed by atoms with Crippen LogP contribution in [0.1, 0.15) is 22.8 Å². The minimum atomic E-state index is -0.267. The zero-order chi connectivity index (χ0) is 25.3. The van der Waals surface area contributed by atoms with Gasteiger partial charge < -0.3 is 24.9 Å². The van der Waals surface area contributed by atoms with Crippen LogP contribution in [0.5, 0.6) is 5.75 Å². The third-order valence-electron chi connectivity index (χ3n) is 5.70. The van der Waals surface area contributed by atoms with Crippen molar-refractivity contribution in [3.05, 3.63) is 83.9 Å². The van der Waals surface area contributed by atoms with Gasteiger partial charge in [-0.15, -0.1) is 0 Å². The van der Waals surface area contributed by atoms with Gasteiger partial charge in [-0.05, 0) is 61.4 Å². The Balaban J connectivity index is 1.33. The van der Waals surface area contributed by atoms with E-state index in [0.29, 0.717) is 48.3 Å². The Morgan fingerprint density at radius 1 is 1.06 bits per heavy atom. The van der Waals surface area contributed by atoms with Gasteiger partial charge in [0.2, 0.25) is 12.3 Å². The quantitative estimate of drug-likeness (QED) is 0.167. The molecule has 0 aliphatic carbocycles. The van der Waals surface area contributed by atoms with Crippen LogP contribution < -0.4 is 20.7 Å². The van der Waals surface area contributed by atoms with Crippen molar-refractivity contribution in [3.63, 3.8) is 0 Å². The van der Waals surface area contributed by atoms with E-state index < -0.39 is 0 Å². The van der Waals surface area contributed by atoms with Gasteiger partial charge in [-0.2, -0.15) is 0 Å². The van der Waals surface area contributed by atoms with Crippen LogP contribution in [0.15, 0.2) is 77.2 Å². The Hall–Kier alpha value is -4.30. The number of carbonyl (C=O) groups excluding carboxylic acids is 2. The van der Waals surface area contributed by atoms with E-state index in [4.69, 9.17) is 19.6 Å². The highest BCUT2D eigenvalue weighted by atomic mass is 16.5. The van der Waals surface area contributed by atoms with Gasteiger partial charge in [0.25, 0.3) is 5.91 Å². The summed E-state index contributed by atoms with van der Waals surface area (Å²) in [6.07, 6.45) is 1.49. The minimum Gasteiger partial charge on any atom is -0.492 e. The van der Waals surface area contributed by atoms with Crippen molar-refractivity contribution in [2.75, 3.05) is 42.3 Å². The molecule has 3 aromatic carbocycles. The molecule has 0 fully saturated rings. The van der Waals surface area contributed by atoms with Gasteiger partial charge in [-0.25, -0.2) is 0 Å². The van der Waals surface area contributed by atoms with E-state index >= 15 is 0 Å². The van der Waals surface area contributed by atoms with Crippen molar-refractivity contribution in [3.8, 4) is 5.75 Å². The number of nitrogens with zero attached hydrogens (tertiary/aromatic N) is 1. The molecule has 0 spiro atoms. The van der Waals surface area contributed by atoms with Crippen molar-refractivity contribution in [1.82, 2.24) is 0 Å². The van der Waals surface area contributed by atoms with E-state index in [1.807, 2.05) is 31.2 Å². The molecule has 4 rings (SSSR count). The van der Waals surface area contributed by atoms with Gasteiger partial charge in [0, 0.05) is 23.6 Å². The maximum atomic E-state index is 12.5. The van der Waals surface area contributed by atoms with Crippen molar-refractivity contribution in [2.45, 2.75) is 13.3 Å². The fourth-order valence-electron chi connectivity index (χ4n) is 3.78. The zero-order valence-electron chi connectivity index (χ0n) is 20.1. The third kappa shape index (κ3) is 6.03. The topological polar surface area (TPSA) is 107 Å². The summed E-state index contributed by atoms with van der Waals surface area (Å²) in [5, 5.41) is 3.76. The van der Waals surface area contributed by atoms with Gasteiger partial charge in [-0.1, -0.05) is 24.3 Å². The molecule has 0 atom stereocenters. The Morgan fingerprint density at radius 2 is 1.86 bits per heavy atom. The Morgan fingerprint density at radius 3 is 2.61 bits per heavy atom. The van der Waals surface area contributed by atoms with E-state index in [-0.39, 0.29) is 12.5 Å². The maximum absolute atomic E-state index is 12.5. The summed E-state index contributed by atoms with van der Waals surface area (Å²) in [6.45, 7) is 3.81. The molecule has 1 aromatic heterocycles. The number of amides is 2. The molecule has 0 aliphatic rings. The lowest BCUT2D eigenvalue weighted by Crippen LogP contribution is -2.26. The Labute approximate surface area is 209 Å². The summed E-state index contributed by atoms with van der Waals surface area (Å²) in [5.74, 6) is 0.774. The van der Waals surface area contributed by atoms with Gasteiger partial charge in [-0.3, -0.25) is 14.5 Å². The molecule has 36 heavy (non-hydrogen) atoms. The highest BCUT2D eigenvalue weighted by Gasteiger charge is 2.14. The number of benzene rings is 3. The lowest BCUT2D eigenvalue weighted by atomic mass is 10.1. The zero-order valence-corrected chi connectivity index (χ0v) is 20.1. The Bertz CT molecular complexity index is 1320. The van der Waals surface area contributed by atoms with Crippen LogP contribution in [-0.4, -0.2) is 38.7 Å². The smallest absolute Gasteiger partial charge is 0.255 e. The van der Waals surface area contributed by atoms with Crippen LogP contribution in [0.25, 0.3) is 11.0 Å². The number of anilines is 3. The van der Waals surface area contributed by atoms with Crippen molar-refractivity contribution in [2.24, 2.45) is 0 Å². The van der Waals surface area contributed by atoms with Crippen molar-refractivity contribution >= 4 is 40.5 Å². The number of hydrogen-bond acceptors (Lipinski definition) is 6. The maximum Gasteiger partial charge on any atom is 0.255 e. The second kappa shape index (κ2) is 11.9. The number of fused-ring (bicyclic) bond motifs is 1. The molecule has 0 radical (unpaired) electrons. The van der Waals surface area contributed by atoms with Crippen LogP contribution in [0.3, 0.4) is 0 Å². The molecular weight excluding hydrogens is 458 g/mol. The van der Waals surface area contributed by atoms with Crippen molar-refractivity contribution < 1.29 is 23.5 Å². The summed E-state index contributed by atoms with van der Waals surface area (Å²) < 4.78 is 17.2. The Kier molecular flexibility index (Phi) is 8.20. The fourth-order valence-corrected chi connectivity index (χ4v) is 3.78. The van der Waals surface area contributed by atoms with Crippen LogP contribution in [0, 0.1) is 0 Å². The number of rotatable bonds is 12. The first-order valence-corrected chi connectivity index (χ1v) is 11.8. The van der Waals surface area contributed by atoms with Gasteiger partial charge in [0.15, 0.2) is 0 Å². The molecule has 1 heterocycles. The number of nitrogens with one attached hydrogen (secondary N) is 1. The lowest BCUT2D eigenvalue weighted by molar-refractivity contribution is -0.107. The van der Waals surface area contributed by atoms with Crippen LogP contribution in [0.2, 0.25) is 0 Å². The largest absolute Gasteiger partial charge is 0.492 e. The highest BCUT2D eigenvalue weighted by molar-refractivity contribution is 6.05. The third-order valence-corrected chi connectivity index (χ3v) is 5.70. The summed E-state index contributed by atoms with van der Waals surface area (Å²) in [6, 6.07) is 21.6. The second-order valence-electron chi connectivity index (χ2n) is 8.07. The summed E-state index contributed by atoms with van der Waals surface area (Å²) in [4.78, 5) is 25.7. The van der Waals surface area contributed by atoms with E-state index in [1.165, 1.54) is 4.90 Å². The van der Waals surface area contributed by atoms with Crippen LogP contribution in [-0.2, 0) is 16.0 Å². The van der Waals surface area contributed by atoms with Crippen LogP contribution >= 0.6 is 0 Å². The molecule has 8 nitrogen and oxygen atoms in total. The van der Waals surface area contributed by atoms with E-state index in [1.54, 1.807) is 48.5 Å². The predicted octanol–water partition coefficient (Wildman–Crippen LogP) is 4.89. The second-order valence-corrected chi connectivity index (χ2v) is 8.07. The van der Waals surface area contributed by atoms with Crippen molar-refractivity contribution in [1.29, 1.82) is 0 Å². The molecule has 2 amide bonds. The van der Waals surface area contributed by atoms with Gasteiger partial charge >= 0.3 is 0 Å². The number of ether oxygens (including phenoxy) is 2. The van der Waals surface area contributed by atoms with E-state index in [2.05, 4.69) is 5.32 Å². The summed E-state index contributed by atoms with van der Waals surface area (Å²) >= 11 is 0. The average Bonchev–Trinajstić information content (AvgIpc) is 3.33. The van der Waals surface area contributed by atoms with Gasteiger partial charge in [0.05, 0.1) is 24.5 Å². The number of hydrogen-bond donors (Lipinski definition) is 2. The molecule has 3 N–H and O–H groups in total. The van der Waals surface area contributed by atoms with E-state index in [0.717, 1.165) is 29.4 Å². The highest BCUT2D eigenvalue weighted by Crippen LogP contribution is 2.28. The summed E-state index contributed by atoms with van der Waals surface area (Å²) in [5.41, 5.74) is 9.24. The predicted molar refractivity (Wildman–Crippen MR) is 141 cm³/mol. The first-order chi connectivity index (χ1) is 17.6. The van der Waals surface area contributed by atoms with Gasteiger partial charge in [0.1, 0.15) is 17.9 Å². The number of para-hydroxylation sites is 2. The molecule has 4 aromatic rings.